The van der Waals surface area contributed by atoms with Crippen LogP contribution in [0.15, 0.2) is 88.4 Å². The fraction of sp³-hybridized carbons (Fsp3) is 0.0909. The van der Waals surface area contributed by atoms with Gasteiger partial charge in [-0.15, -0.1) is 0 Å². The monoisotopic (exact) mass is 438 g/mol. The lowest BCUT2D eigenvalue weighted by atomic mass is 10.2. The predicted molar refractivity (Wildman–Crippen MR) is 113 cm³/mol. The maximum absolute atomic E-state index is 11.9. The molecule has 3 aromatic rings. The highest BCUT2D eigenvalue weighted by Gasteiger charge is 2.02. The minimum atomic E-state index is -0.255. The van der Waals surface area contributed by atoms with Crippen LogP contribution in [-0.2, 0) is 0 Å². The normalized spacial score (nSPS) is 10.6. The van der Waals surface area contributed by atoms with E-state index in [1.165, 1.54) is 0 Å². The number of benzene rings is 3. The molecule has 0 bridgehead atoms. The van der Waals surface area contributed by atoms with E-state index in [0.29, 0.717) is 24.5 Å². The summed E-state index contributed by atoms with van der Waals surface area (Å²) in [5.41, 5.74) is 3.88. The van der Waals surface area contributed by atoms with Gasteiger partial charge in [-0.2, -0.15) is 5.10 Å². The van der Waals surface area contributed by atoms with Crippen LogP contribution in [0, 0.1) is 0 Å². The van der Waals surface area contributed by atoms with Gasteiger partial charge in [-0.05, 0) is 54.1 Å². The van der Waals surface area contributed by atoms with Crippen LogP contribution in [0.25, 0.3) is 0 Å². The summed E-state index contributed by atoms with van der Waals surface area (Å²) < 4.78 is 12.3. The van der Waals surface area contributed by atoms with Crippen molar-refractivity contribution in [1.82, 2.24) is 5.43 Å². The second kappa shape index (κ2) is 10.3. The smallest absolute Gasteiger partial charge is 0.271 e. The topological polar surface area (TPSA) is 59.9 Å². The third kappa shape index (κ3) is 6.25. The molecule has 0 aliphatic heterocycles. The van der Waals surface area contributed by atoms with E-state index in [1.807, 2.05) is 54.6 Å². The Bertz CT molecular complexity index is 928. The van der Waals surface area contributed by atoms with Gasteiger partial charge in [0.25, 0.3) is 5.91 Å². The summed E-state index contributed by atoms with van der Waals surface area (Å²) in [6.45, 7) is 0.856. The molecule has 1 N–H and O–H groups in total. The van der Waals surface area contributed by atoms with Crippen LogP contribution < -0.4 is 14.9 Å². The van der Waals surface area contributed by atoms with E-state index in [-0.39, 0.29) is 5.91 Å². The Hall–Kier alpha value is -3.12. The summed E-state index contributed by atoms with van der Waals surface area (Å²) in [6, 6.07) is 24.0. The molecule has 6 heteroatoms. The van der Waals surface area contributed by atoms with Gasteiger partial charge in [0.05, 0.1) is 6.21 Å². The summed E-state index contributed by atoms with van der Waals surface area (Å²) in [6.07, 6.45) is 1.58. The van der Waals surface area contributed by atoms with Crippen LogP contribution in [0.1, 0.15) is 15.9 Å². The maximum atomic E-state index is 11.9. The van der Waals surface area contributed by atoms with Crippen LogP contribution in [0.2, 0.25) is 0 Å². The Morgan fingerprint density at radius 2 is 1.61 bits per heavy atom. The molecular formula is C22H19BrN2O3. The van der Waals surface area contributed by atoms with Gasteiger partial charge in [0.15, 0.2) is 0 Å². The highest BCUT2D eigenvalue weighted by molar-refractivity contribution is 9.10. The van der Waals surface area contributed by atoms with Gasteiger partial charge in [0, 0.05) is 10.0 Å². The van der Waals surface area contributed by atoms with E-state index in [0.717, 1.165) is 15.8 Å². The number of hydrogen-bond donors (Lipinski definition) is 1. The number of rotatable bonds is 8. The molecule has 0 spiro atoms. The average Bonchev–Trinajstić information content (AvgIpc) is 2.73. The lowest BCUT2D eigenvalue weighted by Crippen LogP contribution is -2.17. The van der Waals surface area contributed by atoms with Crippen molar-refractivity contribution in [2.75, 3.05) is 13.2 Å². The third-order valence-electron chi connectivity index (χ3n) is 3.71. The highest BCUT2D eigenvalue weighted by Crippen LogP contribution is 2.16. The molecule has 5 nitrogen and oxygen atoms in total. The predicted octanol–water partition coefficient (Wildman–Crippen LogP) is 4.67. The first-order valence-corrected chi connectivity index (χ1v) is 9.50. The standard InChI is InChI=1S/C22H19BrN2O3/c23-19-9-11-20(12-10-19)27-13-14-28-21-8-4-5-17(15-21)16-24-25-22(26)18-6-2-1-3-7-18/h1-12,15-16H,13-14H2,(H,25,26). The van der Waals surface area contributed by atoms with E-state index in [2.05, 4.69) is 26.5 Å². The minimum absolute atomic E-state index is 0.255. The zero-order valence-corrected chi connectivity index (χ0v) is 16.6. The summed E-state index contributed by atoms with van der Waals surface area (Å²) >= 11 is 3.39. The number of hydrogen-bond acceptors (Lipinski definition) is 4. The zero-order chi connectivity index (χ0) is 19.6. The molecule has 142 valence electrons. The van der Waals surface area contributed by atoms with Gasteiger partial charge >= 0.3 is 0 Å². The lowest BCUT2D eigenvalue weighted by molar-refractivity contribution is 0.0955. The molecule has 1 amide bonds. The fourth-order valence-corrected chi connectivity index (χ4v) is 2.62. The van der Waals surface area contributed by atoms with E-state index in [1.54, 1.807) is 30.5 Å². The SMILES string of the molecule is O=C(NN=Cc1cccc(OCCOc2ccc(Br)cc2)c1)c1ccccc1. The van der Waals surface area contributed by atoms with E-state index in [4.69, 9.17) is 9.47 Å². The van der Waals surface area contributed by atoms with Gasteiger partial charge in [-0.1, -0.05) is 46.3 Å². The number of amides is 1. The van der Waals surface area contributed by atoms with Crippen molar-refractivity contribution in [3.63, 3.8) is 0 Å². The average molecular weight is 439 g/mol. The molecule has 3 rings (SSSR count). The largest absolute Gasteiger partial charge is 0.490 e. The minimum Gasteiger partial charge on any atom is -0.490 e. The summed E-state index contributed by atoms with van der Waals surface area (Å²) in [5, 5.41) is 3.99. The van der Waals surface area contributed by atoms with Crippen molar-refractivity contribution in [2.24, 2.45) is 5.10 Å². The Morgan fingerprint density at radius 1 is 0.893 bits per heavy atom. The second-order valence-corrected chi connectivity index (χ2v) is 6.70. The van der Waals surface area contributed by atoms with E-state index < -0.39 is 0 Å². The lowest BCUT2D eigenvalue weighted by Gasteiger charge is -2.09. The first-order valence-electron chi connectivity index (χ1n) is 8.70. The molecule has 0 aliphatic rings. The summed E-state index contributed by atoms with van der Waals surface area (Å²) in [5.74, 6) is 1.24. The first-order chi connectivity index (χ1) is 13.7. The number of carbonyl (C=O) groups is 1. The number of ether oxygens (including phenoxy) is 2. The molecule has 0 saturated heterocycles. The Labute approximate surface area is 172 Å². The molecule has 0 fully saturated rings. The Balaban J connectivity index is 1.45. The number of nitrogens with one attached hydrogen (secondary N) is 1. The number of halogens is 1. The quantitative estimate of drug-likeness (QED) is 0.315. The van der Waals surface area contributed by atoms with Crippen molar-refractivity contribution in [3.05, 3.63) is 94.5 Å². The molecule has 0 unspecified atom stereocenters. The van der Waals surface area contributed by atoms with Gasteiger partial charge < -0.3 is 9.47 Å². The Morgan fingerprint density at radius 3 is 2.36 bits per heavy atom. The second-order valence-electron chi connectivity index (χ2n) is 5.79. The zero-order valence-electron chi connectivity index (χ0n) is 15.0. The van der Waals surface area contributed by atoms with Crippen molar-refractivity contribution >= 4 is 28.1 Å². The summed E-state index contributed by atoms with van der Waals surface area (Å²) in [4.78, 5) is 11.9. The van der Waals surface area contributed by atoms with E-state index >= 15 is 0 Å². The van der Waals surface area contributed by atoms with Crippen molar-refractivity contribution < 1.29 is 14.3 Å². The highest BCUT2D eigenvalue weighted by atomic mass is 79.9. The molecule has 0 aromatic heterocycles. The van der Waals surface area contributed by atoms with Gasteiger partial charge in [0.2, 0.25) is 0 Å². The van der Waals surface area contributed by atoms with Gasteiger partial charge in [0.1, 0.15) is 24.7 Å². The molecule has 0 atom stereocenters. The number of hydrazone groups is 1. The third-order valence-corrected chi connectivity index (χ3v) is 4.24. The van der Waals surface area contributed by atoms with Crippen LogP contribution in [0.5, 0.6) is 11.5 Å². The van der Waals surface area contributed by atoms with E-state index in [9.17, 15) is 4.79 Å². The van der Waals surface area contributed by atoms with Gasteiger partial charge in [-0.3, -0.25) is 4.79 Å². The van der Waals surface area contributed by atoms with Crippen LogP contribution in [0.4, 0.5) is 0 Å². The van der Waals surface area contributed by atoms with Gasteiger partial charge in [-0.25, -0.2) is 5.43 Å². The number of nitrogens with zero attached hydrogens (tertiary/aromatic N) is 1. The van der Waals surface area contributed by atoms with Crippen LogP contribution in [-0.4, -0.2) is 25.3 Å². The first kappa shape index (κ1) is 19.6. The molecule has 0 radical (unpaired) electrons. The maximum Gasteiger partial charge on any atom is 0.271 e. The Kier molecular flexibility index (Phi) is 7.21. The molecule has 0 heterocycles. The van der Waals surface area contributed by atoms with Crippen LogP contribution in [0.3, 0.4) is 0 Å². The molecule has 0 aliphatic carbocycles. The number of carbonyl (C=O) groups excluding carboxylic acids is 1. The van der Waals surface area contributed by atoms with Crippen molar-refractivity contribution in [2.45, 2.75) is 0 Å². The summed E-state index contributed by atoms with van der Waals surface area (Å²) in [7, 11) is 0. The fourth-order valence-electron chi connectivity index (χ4n) is 2.35. The molecule has 3 aromatic carbocycles. The molecule has 28 heavy (non-hydrogen) atoms. The molecular weight excluding hydrogens is 420 g/mol. The van der Waals surface area contributed by atoms with Crippen molar-refractivity contribution in [3.8, 4) is 11.5 Å². The van der Waals surface area contributed by atoms with Crippen LogP contribution >= 0.6 is 15.9 Å². The van der Waals surface area contributed by atoms with Crippen molar-refractivity contribution in [1.29, 1.82) is 0 Å². The molecule has 0 saturated carbocycles.